The zero-order valence-electron chi connectivity index (χ0n) is 15.2. The molecule has 0 radical (unpaired) electrons. The molecule has 142 valence electrons. The SMILES string of the molecule is O=C(NC1(c2cccc(Cl)c2)CC1)N1CCCC(OCc2ccccn2)C1. The Morgan fingerprint density at radius 1 is 1.30 bits per heavy atom. The van der Waals surface area contributed by atoms with Crippen LogP contribution >= 0.6 is 11.6 Å². The van der Waals surface area contributed by atoms with Crippen LogP contribution in [0.25, 0.3) is 0 Å². The predicted octanol–water partition coefficient (Wildman–Crippen LogP) is 4.11. The topological polar surface area (TPSA) is 54.5 Å². The molecule has 6 heteroatoms. The number of nitrogens with zero attached hydrogens (tertiary/aromatic N) is 2. The minimum atomic E-state index is -0.260. The van der Waals surface area contributed by atoms with Crippen molar-refractivity contribution in [3.05, 3.63) is 64.9 Å². The van der Waals surface area contributed by atoms with E-state index in [0.29, 0.717) is 18.2 Å². The number of halogens is 1. The minimum Gasteiger partial charge on any atom is -0.370 e. The fourth-order valence-electron chi connectivity index (χ4n) is 3.63. The summed E-state index contributed by atoms with van der Waals surface area (Å²) in [6.45, 7) is 1.86. The van der Waals surface area contributed by atoms with Crippen LogP contribution in [0.2, 0.25) is 5.02 Å². The predicted molar refractivity (Wildman–Crippen MR) is 105 cm³/mol. The van der Waals surface area contributed by atoms with Gasteiger partial charge in [-0.1, -0.05) is 29.8 Å². The number of likely N-dealkylation sites (tertiary alicyclic amines) is 1. The average molecular weight is 386 g/mol. The molecule has 2 aromatic rings. The maximum absolute atomic E-state index is 12.8. The first-order chi connectivity index (χ1) is 13.1. The van der Waals surface area contributed by atoms with Crippen LogP contribution in [0.15, 0.2) is 48.7 Å². The molecule has 2 fully saturated rings. The Morgan fingerprint density at radius 2 is 2.19 bits per heavy atom. The van der Waals surface area contributed by atoms with Gasteiger partial charge in [0, 0.05) is 24.3 Å². The highest BCUT2D eigenvalue weighted by molar-refractivity contribution is 6.30. The monoisotopic (exact) mass is 385 g/mol. The molecule has 0 bridgehead atoms. The lowest BCUT2D eigenvalue weighted by Crippen LogP contribution is -2.50. The molecule has 1 saturated carbocycles. The summed E-state index contributed by atoms with van der Waals surface area (Å²) >= 11 is 6.12. The number of rotatable bonds is 5. The van der Waals surface area contributed by atoms with E-state index in [1.807, 2.05) is 47.4 Å². The molecular weight excluding hydrogens is 362 g/mol. The van der Waals surface area contributed by atoms with Crippen molar-refractivity contribution in [1.82, 2.24) is 15.2 Å². The Balaban J connectivity index is 1.33. The van der Waals surface area contributed by atoms with Crippen LogP contribution in [0.3, 0.4) is 0 Å². The number of hydrogen-bond acceptors (Lipinski definition) is 3. The lowest BCUT2D eigenvalue weighted by molar-refractivity contribution is -0.00202. The van der Waals surface area contributed by atoms with Crippen molar-refractivity contribution in [3.8, 4) is 0 Å². The average Bonchev–Trinajstić information content (AvgIpc) is 3.48. The van der Waals surface area contributed by atoms with E-state index in [9.17, 15) is 4.79 Å². The van der Waals surface area contributed by atoms with Crippen molar-refractivity contribution in [2.24, 2.45) is 0 Å². The molecule has 0 spiro atoms. The molecule has 1 N–H and O–H groups in total. The van der Waals surface area contributed by atoms with Crippen LogP contribution in [-0.2, 0) is 16.9 Å². The number of piperidine rings is 1. The third kappa shape index (κ3) is 4.42. The number of aromatic nitrogens is 1. The highest BCUT2D eigenvalue weighted by Gasteiger charge is 2.46. The molecular formula is C21H24ClN3O2. The van der Waals surface area contributed by atoms with Gasteiger partial charge in [-0.3, -0.25) is 4.98 Å². The minimum absolute atomic E-state index is 0.0152. The Morgan fingerprint density at radius 3 is 2.93 bits per heavy atom. The van der Waals surface area contributed by atoms with E-state index in [1.54, 1.807) is 6.20 Å². The van der Waals surface area contributed by atoms with Crippen LogP contribution in [-0.4, -0.2) is 35.1 Å². The number of carbonyl (C=O) groups is 1. The second kappa shape index (κ2) is 7.87. The van der Waals surface area contributed by atoms with E-state index in [2.05, 4.69) is 10.3 Å². The Bertz CT molecular complexity index is 795. The number of benzene rings is 1. The molecule has 1 aromatic heterocycles. The molecule has 1 aliphatic heterocycles. The number of ether oxygens (including phenoxy) is 1. The number of carbonyl (C=O) groups excluding carboxylic acids is 1. The summed E-state index contributed by atoms with van der Waals surface area (Å²) < 4.78 is 5.99. The van der Waals surface area contributed by atoms with E-state index < -0.39 is 0 Å². The van der Waals surface area contributed by atoms with E-state index in [4.69, 9.17) is 16.3 Å². The van der Waals surface area contributed by atoms with Crippen LogP contribution < -0.4 is 5.32 Å². The Labute approximate surface area is 164 Å². The smallest absolute Gasteiger partial charge is 0.318 e. The van der Waals surface area contributed by atoms with Gasteiger partial charge in [0.1, 0.15) is 0 Å². The Hall–Kier alpha value is -2.11. The number of amides is 2. The van der Waals surface area contributed by atoms with Gasteiger partial charge in [0.05, 0.1) is 23.9 Å². The zero-order chi connectivity index (χ0) is 18.7. The Kier molecular flexibility index (Phi) is 5.32. The van der Waals surface area contributed by atoms with Gasteiger partial charge in [-0.15, -0.1) is 0 Å². The standard InChI is InChI=1S/C21H24ClN3O2/c22-17-6-3-5-16(13-17)21(9-10-21)24-20(26)25-12-4-8-19(14-25)27-15-18-7-1-2-11-23-18/h1-3,5-7,11,13,19H,4,8-10,12,14-15H2,(H,24,26). The lowest BCUT2D eigenvalue weighted by Gasteiger charge is -2.34. The summed E-state index contributed by atoms with van der Waals surface area (Å²) in [6, 6.07) is 13.6. The first-order valence-electron chi connectivity index (χ1n) is 9.49. The summed E-state index contributed by atoms with van der Waals surface area (Å²) in [5, 5.41) is 3.94. The second-order valence-corrected chi connectivity index (χ2v) is 7.80. The molecule has 5 nitrogen and oxygen atoms in total. The van der Waals surface area contributed by atoms with Crippen LogP contribution in [0.5, 0.6) is 0 Å². The summed E-state index contributed by atoms with van der Waals surface area (Å²) in [5.74, 6) is 0. The summed E-state index contributed by atoms with van der Waals surface area (Å²) in [6.07, 6.45) is 5.64. The molecule has 4 rings (SSSR count). The summed E-state index contributed by atoms with van der Waals surface area (Å²) in [4.78, 5) is 19.0. The van der Waals surface area contributed by atoms with Crippen molar-refractivity contribution >= 4 is 17.6 Å². The molecule has 2 heterocycles. The second-order valence-electron chi connectivity index (χ2n) is 7.36. The van der Waals surface area contributed by atoms with Crippen molar-refractivity contribution in [2.45, 2.75) is 43.9 Å². The van der Waals surface area contributed by atoms with Crippen molar-refractivity contribution in [3.63, 3.8) is 0 Å². The highest BCUT2D eigenvalue weighted by atomic mass is 35.5. The number of hydrogen-bond donors (Lipinski definition) is 1. The van der Waals surface area contributed by atoms with Crippen molar-refractivity contribution in [1.29, 1.82) is 0 Å². The zero-order valence-corrected chi connectivity index (χ0v) is 16.0. The molecule has 1 atom stereocenters. The van der Waals surface area contributed by atoms with Gasteiger partial charge in [0.25, 0.3) is 0 Å². The maximum atomic E-state index is 12.8. The number of pyridine rings is 1. The fraction of sp³-hybridized carbons (Fsp3) is 0.429. The number of nitrogens with one attached hydrogen (secondary N) is 1. The van der Waals surface area contributed by atoms with Gasteiger partial charge < -0.3 is 15.0 Å². The molecule has 1 saturated heterocycles. The van der Waals surface area contributed by atoms with Crippen LogP contribution in [0.4, 0.5) is 4.79 Å². The molecule has 27 heavy (non-hydrogen) atoms. The first-order valence-corrected chi connectivity index (χ1v) is 9.87. The van der Waals surface area contributed by atoms with Gasteiger partial charge in [0.15, 0.2) is 0 Å². The largest absolute Gasteiger partial charge is 0.370 e. The van der Waals surface area contributed by atoms with Crippen molar-refractivity contribution in [2.75, 3.05) is 13.1 Å². The quantitative estimate of drug-likeness (QED) is 0.842. The van der Waals surface area contributed by atoms with Gasteiger partial charge in [-0.05, 0) is 55.5 Å². The van der Waals surface area contributed by atoms with Gasteiger partial charge in [-0.25, -0.2) is 4.79 Å². The van der Waals surface area contributed by atoms with Gasteiger partial charge >= 0.3 is 6.03 Å². The molecule has 1 unspecified atom stereocenters. The fourth-order valence-corrected chi connectivity index (χ4v) is 3.82. The molecule has 2 aliphatic rings. The number of urea groups is 1. The third-order valence-electron chi connectivity index (χ3n) is 5.33. The molecule has 2 amide bonds. The normalized spacial score (nSPS) is 20.9. The van der Waals surface area contributed by atoms with E-state index in [-0.39, 0.29) is 17.7 Å². The van der Waals surface area contributed by atoms with Crippen LogP contribution in [0.1, 0.15) is 36.9 Å². The summed E-state index contributed by atoms with van der Waals surface area (Å²) in [5.41, 5.74) is 1.74. The highest BCUT2D eigenvalue weighted by Crippen LogP contribution is 2.46. The lowest BCUT2D eigenvalue weighted by atomic mass is 10.0. The first kappa shape index (κ1) is 18.3. The van der Waals surface area contributed by atoms with Crippen LogP contribution in [0, 0.1) is 0 Å². The summed E-state index contributed by atoms with van der Waals surface area (Å²) in [7, 11) is 0. The maximum Gasteiger partial charge on any atom is 0.318 e. The third-order valence-corrected chi connectivity index (χ3v) is 5.57. The van der Waals surface area contributed by atoms with Gasteiger partial charge in [-0.2, -0.15) is 0 Å². The van der Waals surface area contributed by atoms with Crippen molar-refractivity contribution < 1.29 is 9.53 Å². The van der Waals surface area contributed by atoms with E-state index >= 15 is 0 Å². The van der Waals surface area contributed by atoms with E-state index in [0.717, 1.165) is 43.5 Å². The molecule has 1 aliphatic carbocycles. The molecule has 1 aromatic carbocycles. The van der Waals surface area contributed by atoms with E-state index in [1.165, 1.54) is 0 Å². The van der Waals surface area contributed by atoms with Gasteiger partial charge in [0.2, 0.25) is 0 Å².